The van der Waals surface area contributed by atoms with Crippen LogP contribution in [-0.4, -0.2) is 27.5 Å². The molecule has 1 aliphatic heterocycles. The van der Waals surface area contributed by atoms with E-state index in [1.807, 2.05) is 0 Å². The molecule has 2 rings (SSSR count). The van der Waals surface area contributed by atoms with Crippen molar-refractivity contribution in [1.82, 2.24) is 15.0 Å². The van der Waals surface area contributed by atoms with E-state index in [1.165, 1.54) is 12.5 Å². The Morgan fingerprint density at radius 2 is 2.64 bits per heavy atom. The molecular formula is C9H11N3O2. The lowest BCUT2D eigenvalue weighted by atomic mass is 10.2. The first kappa shape index (κ1) is 8.93. The van der Waals surface area contributed by atoms with Gasteiger partial charge in [-0.05, 0) is 18.9 Å². The van der Waals surface area contributed by atoms with Gasteiger partial charge in [-0.15, -0.1) is 0 Å². The molecule has 0 saturated carbocycles. The minimum atomic E-state index is -0.0719. The Labute approximate surface area is 81.4 Å². The van der Waals surface area contributed by atoms with Crippen LogP contribution < -0.4 is 0 Å². The fourth-order valence-electron chi connectivity index (χ4n) is 1.74. The van der Waals surface area contributed by atoms with Crippen molar-refractivity contribution in [3.8, 4) is 0 Å². The third-order valence-electron chi connectivity index (χ3n) is 2.39. The van der Waals surface area contributed by atoms with Gasteiger partial charge in [0.25, 0.3) is 0 Å². The molecule has 14 heavy (non-hydrogen) atoms. The smallest absolute Gasteiger partial charge is 0.246 e. The molecule has 0 bridgehead atoms. The SMILES string of the molecule is C=CC(=O)N1CCCC1c1ncon1. The van der Waals surface area contributed by atoms with Gasteiger partial charge in [-0.1, -0.05) is 11.7 Å². The minimum absolute atomic E-state index is 0.0424. The van der Waals surface area contributed by atoms with Crippen LogP contribution >= 0.6 is 0 Å². The van der Waals surface area contributed by atoms with Crippen molar-refractivity contribution in [2.75, 3.05) is 6.54 Å². The van der Waals surface area contributed by atoms with Crippen LogP contribution in [0.2, 0.25) is 0 Å². The highest BCUT2D eigenvalue weighted by atomic mass is 16.5. The summed E-state index contributed by atoms with van der Waals surface area (Å²) in [7, 11) is 0. The second-order valence-corrected chi connectivity index (χ2v) is 3.18. The summed E-state index contributed by atoms with van der Waals surface area (Å²) in [5.41, 5.74) is 0. The predicted molar refractivity (Wildman–Crippen MR) is 48.2 cm³/mol. The van der Waals surface area contributed by atoms with Crippen molar-refractivity contribution >= 4 is 5.91 Å². The summed E-state index contributed by atoms with van der Waals surface area (Å²) in [5, 5.41) is 3.75. The molecule has 1 unspecified atom stereocenters. The zero-order valence-electron chi connectivity index (χ0n) is 7.72. The standard InChI is InChI=1S/C9H11N3O2/c1-2-8(13)12-5-3-4-7(12)9-10-6-14-11-9/h2,6-7H,1,3-5H2. The Morgan fingerprint density at radius 3 is 3.29 bits per heavy atom. The number of hydrogen-bond donors (Lipinski definition) is 0. The van der Waals surface area contributed by atoms with Gasteiger partial charge in [0.1, 0.15) is 0 Å². The van der Waals surface area contributed by atoms with Crippen molar-refractivity contribution in [1.29, 1.82) is 0 Å². The van der Waals surface area contributed by atoms with E-state index in [2.05, 4.69) is 21.2 Å². The van der Waals surface area contributed by atoms with E-state index in [0.717, 1.165) is 19.4 Å². The van der Waals surface area contributed by atoms with Crippen LogP contribution in [0.3, 0.4) is 0 Å². The first-order valence-corrected chi connectivity index (χ1v) is 4.52. The van der Waals surface area contributed by atoms with E-state index in [1.54, 1.807) is 4.90 Å². The Bertz CT molecular complexity index is 334. The maximum atomic E-state index is 11.4. The van der Waals surface area contributed by atoms with Gasteiger partial charge in [-0.3, -0.25) is 4.79 Å². The summed E-state index contributed by atoms with van der Waals surface area (Å²) < 4.78 is 4.66. The van der Waals surface area contributed by atoms with Gasteiger partial charge >= 0.3 is 0 Å². The van der Waals surface area contributed by atoms with E-state index < -0.39 is 0 Å². The summed E-state index contributed by atoms with van der Waals surface area (Å²) in [6.45, 7) is 4.21. The van der Waals surface area contributed by atoms with Crippen molar-refractivity contribution in [2.24, 2.45) is 0 Å². The largest absolute Gasteiger partial charge is 0.343 e. The second kappa shape index (κ2) is 3.61. The van der Waals surface area contributed by atoms with E-state index in [-0.39, 0.29) is 11.9 Å². The number of likely N-dealkylation sites (tertiary alicyclic amines) is 1. The summed E-state index contributed by atoms with van der Waals surface area (Å²) in [5.74, 6) is 0.509. The highest BCUT2D eigenvalue weighted by Crippen LogP contribution is 2.29. The minimum Gasteiger partial charge on any atom is -0.343 e. The van der Waals surface area contributed by atoms with Gasteiger partial charge in [0.05, 0.1) is 6.04 Å². The molecule has 1 saturated heterocycles. The second-order valence-electron chi connectivity index (χ2n) is 3.18. The summed E-state index contributed by atoms with van der Waals surface area (Å²) in [6, 6.07) is -0.0424. The molecule has 1 fully saturated rings. The van der Waals surface area contributed by atoms with E-state index in [9.17, 15) is 4.79 Å². The molecule has 2 heterocycles. The molecule has 1 amide bonds. The predicted octanol–water partition coefficient (Wildman–Crippen LogP) is 0.919. The first-order valence-electron chi connectivity index (χ1n) is 4.52. The highest BCUT2D eigenvalue weighted by Gasteiger charge is 2.31. The monoisotopic (exact) mass is 193 g/mol. The van der Waals surface area contributed by atoms with Crippen molar-refractivity contribution in [3.05, 3.63) is 24.9 Å². The number of carbonyl (C=O) groups excluding carboxylic acids is 1. The molecule has 1 aromatic heterocycles. The third kappa shape index (κ3) is 1.41. The molecule has 0 radical (unpaired) electrons. The van der Waals surface area contributed by atoms with Gasteiger partial charge in [-0.25, -0.2) is 0 Å². The van der Waals surface area contributed by atoms with Crippen molar-refractivity contribution in [2.45, 2.75) is 18.9 Å². The van der Waals surface area contributed by atoms with E-state index in [0.29, 0.717) is 5.82 Å². The van der Waals surface area contributed by atoms with Crippen LogP contribution in [0.25, 0.3) is 0 Å². The average Bonchev–Trinajstić information content (AvgIpc) is 2.85. The number of hydrogen-bond acceptors (Lipinski definition) is 4. The van der Waals surface area contributed by atoms with Crippen LogP contribution in [0.1, 0.15) is 24.7 Å². The number of rotatable bonds is 2. The van der Waals surface area contributed by atoms with Crippen molar-refractivity contribution < 1.29 is 9.32 Å². The fourth-order valence-corrected chi connectivity index (χ4v) is 1.74. The normalized spacial score (nSPS) is 21.1. The molecule has 74 valence electrons. The zero-order valence-corrected chi connectivity index (χ0v) is 7.72. The molecule has 1 aliphatic rings. The Kier molecular flexibility index (Phi) is 2.30. The van der Waals surface area contributed by atoms with Gasteiger partial charge in [0.2, 0.25) is 12.3 Å². The summed E-state index contributed by atoms with van der Waals surface area (Å²) in [6.07, 6.45) is 4.46. The molecule has 0 N–H and O–H groups in total. The number of carbonyl (C=O) groups is 1. The zero-order chi connectivity index (χ0) is 9.97. The number of aromatic nitrogens is 2. The third-order valence-corrected chi connectivity index (χ3v) is 2.39. The molecule has 0 aliphatic carbocycles. The van der Waals surface area contributed by atoms with Gasteiger partial charge in [0.15, 0.2) is 5.82 Å². The maximum Gasteiger partial charge on any atom is 0.246 e. The lowest BCUT2D eigenvalue weighted by Gasteiger charge is -2.19. The molecule has 1 atom stereocenters. The topological polar surface area (TPSA) is 59.2 Å². The van der Waals surface area contributed by atoms with Gasteiger partial charge in [-0.2, -0.15) is 4.98 Å². The Morgan fingerprint density at radius 1 is 1.79 bits per heavy atom. The average molecular weight is 193 g/mol. The van der Waals surface area contributed by atoms with E-state index >= 15 is 0 Å². The highest BCUT2D eigenvalue weighted by molar-refractivity contribution is 5.87. The lowest BCUT2D eigenvalue weighted by molar-refractivity contribution is -0.127. The van der Waals surface area contributed by atoms with Crippen LogP contribution in [0.4, 0.5) is 0 Å². The molecule has 0 spiro atoms. The molecule has 5 nitrogen and oxygen atoms in total. The van der Waals surface area contributed by atoms with Crippen molar-refractivity contribution in [3.63, 3.8) is 0 Å². The van der Waals surface area contributed by atoms with Crippen LogP contribution in [0.15, 0.2) is 23.6 Å². The number of nitrogens with zero attached hydrogens (tertiary/aromatic N) is 3. The Hall–Kier alpha value is -1.65. The van der Waals surface area contributed by atoms with Gasteiger partial charge in [0, 0.05) is 6.54 Å². The first-order chi connectivity index (χ1) is 6.83. The van der Waals surface area contributed by atoms with E-state index in [4.69, 9.17) is 0 Å². The Balaban J connectivity index is 2.19. The summed E-state index contributed by atoms with van der Waals surface area (Å²) in [4.78, 5) is 17.1. The summed E-state index contributed by atoms with van der Waals surface area (Å²) >= 11 is 0. The maximum absolute atomic E-state index is 11.4. The molecule has 1 aromatic rings. The molecular weight excluding hydrogens is 182 g/mol. The number of amides is 1. The quantitative estimate of drug-likeness (QED) is 0.655. The molecule has 5 heteroatoms. The van der Waals surface area contributed by atoms with Gasteiger partial charge < -0.3 is 9.42 Å². The fraction of sp³-hybridized carbons (Fsp3) is 0.444. The van der Waals surface area contributed by atoms with Crippen LogP contribution in [0.5, 0.6) is 0 Å². The molecule has 0 aromatic carbocycles. The van der Waals surface area contributed by atoms with Crippen LogP contribution in [0, 0.1) is 0 Å². The van der Waals surface area contributed by atoms with Crippen LogP contribution in [-0.2, 0) is 4.79 Å². The lowest BCUT2D eigenvalue weighted by Crippen LogP contribution is -2.29.